The van der Waals surface area contributed by atoms with Crippen LogP contribution in [-0.2, 0) is 6.54 Å². The fraction of sp³-hybridized carbons (Fsp3) is 0.286. The highest BCUT2D eigenvalue weighted by Gasteiger charge is 2.15. The summed E-state index contributed by atoms with van der Waals surface area (Å²) in [5.74, 6) is -0.344. The van der Waals surface area contributed by atoms with Gasteiger partial charge in [0.15, 0.2) is 0 Å². The molecule has 0 atom stereocenters. The van der Waals surface area contributed by atoms with Crippen molar-refractivity contribution in [2.75, 3.05) is 6.54 Å². The molecule has 0 aliphatic carbocycles. The topological polar surface area (TPSA) is 76.7 Å². The molecule has 0 fully saturated rings. The van der Waals surface area contributed by atoms with E-state index in [1.165, 1.54) is 12.1 Å². The van der Waals surface area contributed by atoms with Crippen LogP contribution >= 0.6 is 0 Å². The quantitative estimate of drug-likeness (QED) is 0.762. The van der Waals surface area contributed by atoms with Crippen LogP contribution < -0.4 is 11.3 Å². The minimum Gasteiger partial charge on any atom is -0.330 e. The molecular formula is C14H15FN4O. The molecule has 0 spiro atoms. The van der Waals surface area contributed by atoms with E-state index in [-0.39, 0.29) is 11.4 Å². The van der Waals surface area contributed by atoms with Gasteiger partial charge in [-0.3, -0.25) is 9.89 Å². The Bertz CT molecular complexity index is 850. The van der Waals surface area contributed by atoms with Crippen molar-refractivity contribution in [3.05, 3.63) is 40.1 Å². The third-order valence-electron chi connectivity index (χ3n) is 3.50. The lowest BCUT2D eigenvalue weighted by atomic mass is 10.1. The van der Waals surface area contributed by atoms with Crippen LogP contribution in [0.2, 0.25) is 0 Å². The fourth-order valence-corrected chi connectivity index (χ4v) is 2.53. The number of pyridine rings is 1. The molecule has 2 heterocycles. The molecule has 3 aromatic rings. The van der Waals surface area contributed by atoms with Crippen LogP contribution in [0.25, 0.3) is 21.8 Å². The van der Waals surface area contributed by atoms with Crippen molar-refractivity contribution in [3.63, 3.8) is 0 Å². The van der Waals surface area contributed by atoms with Crippen molar-refractivity contribution in [3.8, 4) is 0 Å². The van der Waals surface area contributed by atoms with E-state index in [1.807, 2.05) is 0 Å². The van der Waals surface area contributed by atoms with Crippen molar-refractivity contribution < 1.29 is 4.39 Å². The number of hydrogen-bond donors (Lipinski definition) is 2. The van der Waals surface area contributed by atoms with Crippen LogP contribution in [0.5, 0.6) is 0 Å². The van der Waals surface area contributed by atoms with E-state index in [1.54, 1.807) is 17.6 Å². The first-order chi connectivity index (χ1) is 9.63. The molecule has 0 unspecified atom stereocenters. The summed E-state index contributed by atoms with van der Waals surface area (Å²) in [5.41, 5.74) is 7.31. The van der Waals surface area contributed by atoms with E-state index in [2.05, 4.69) is 10.2 Å². The molecule has 0 radical (unpaired) electrons. The van der Waals surface area contributed by atoms with Gasteiger partial charge >= 0.3 is 0 Å². The van der Waals surface area contributed by atoms with Gasteiger partial charge in [-0.25, -0.2) is 4.39 Å². The van der Waals surface area contributed by atoms with Crippen LogP contribution in [0, 0.1) is 12.7 Å². The SMILES string of the molecule is Cc1[nH]nc2c1c(=O)n(CCCN)c1ccc(F)cc21. The van der Waals surface area contributed by atoms with E-state index < -0.39 is 0 Å². The number of fused-ring (bicyclic) bond motifs is 3. The number of nitrogens with two attached hydrogens (primary N) is 1. The minimum atomic E-state index is -0.344. The third kappa shape index (κ3) is 1.80. The summed E-state index contributed by atoms with van der Waals surface area (Å²) in [6.07, 6.45) is 0.689. The highest BCUT2D eigenvalue weighted by atomic mass is 19.1. The molecule has 0 aliphatic rings. The molecule has 3 rings (SSSR count). The largest absolute Gasteiger partial charge is 0.330 e. The number of halogens is 1. The Morgan fingerprint density at radius 2 is 2.25 bits per heavy atom. The Labute approximate surface area is 114 Å². The van der Waals surface area contributed by atoms with Gasteiger partial charge in [0.05, 0.1) is 10.9 Å². The summed E-state index contributed by atoms with van der Waals surface area (Å²) in [7, 11) is 0. The lowest BCUT2D eigenvalue weighted by Gasteiger charge is -2.10. The number of H-pyrrole nitrogens is 1. The smallest absolute Gasteiger partial charge is 0.262 e. The molecule has 20 heavy (non-hydrogen) atoms. The van der Waals surface area contributed by atoms with Gasteiger partial charge in [-0.05, 0) is 38.1 Å². The van der Waals surface area contributed by atoms with E-state index in [4.69, 9.17) is 5.73 Å². The number of rotatable bonds is 3. The number of aromatic nitrogens is 3. The van der Waals surface area contributed by atoms with Crippen molar-refractivity contribution in [1.29, 1.82) is 0 Å². The summed E-state index contributed by atoms with van der Waals surface area (Å²) in [4.78, 5) is 12.6. The standard InChI is InChI=1S/C14H15FN4O/c1-8-12-13(18-17-8)10-7-9(15)3-4-11(10)19(14(12)20)6-2-5-16/h3-4,7H,2,5-6,16H2,1H3,(H,17,18). The second kappa shape index (κ2) is 4.72. The van der Waals surface area contributed by atoms with Crippen molar-refractivity contribution in [2.24, 2.45) is 5.73 Å². The Morgan fingerprint density at radius 1 is 1.45 bits per heavy atom. The van der Waals surface area contributed by atoms with E-state index in [9.17, 15) is 9.18 Å². The second-order valence-corrected chi connectivity index (χ2v) is 4.83. The van der Waals surface area contributed by atoms with Gasteiger partial charge in [-0.2, -0.15) is 5.10 Å². The second-order valence-electron chi connectivity index (χ2n) is 4.83. The van der Waals surface area contributed by atoms with Gasteiger partial charge in [-0.15, -0.1) is 0 Å². The number of benzene rings is 1. The number of nitrogens with zero attached hydrogens (tertiary/aromatic N) is 2. The van der Waals surface area contributed by atoms with Crippen molar-refractivity contribution >= 4 is 21.8 Å². The number of aromatic amines is 1. The maximum Gasteiger partial charge on any atom is 0.262 e. The predicted octanol–water partition coefficient (Wildman–Crippen LogP) is 1.67. The van der Waals surface area contributed by atoms with E-state index in [0.29, 0.717) is 47.0 Å². The van der Waals surface area contributed by atoms with Gasteiger partial charge in [0, 0.05) is 17.6 Å². The Kier molecular flexibility index (Phi) is 3.02. The number of nitrogens with one attached hydrogen (secondary N) is 1. The molecule has 0 amide bonds. The Hall–Kier alpha value is -2.21. The van der Waals surface area contributed by atoms with E-state index in [0.717, 1.165) is 0 Å². The van der Waals surface area contributed by atoms with Crippen molar-refractivity contribution in [2.45, 2.75) is 19.9 Å². The first kappa shape index (κ1) is 12.8. The average molecular weight is 274 g/mol. The summed E-state index contributed by atoms with van der Waals surface area (Å²) in [5, 5.41) is 8.10. The van der Waals surface area contributed by atoms with Gasteiger partial charge in [-0.1, -0.05) is 0 Å². The van der Waals surface area contributed by atoms with Crippen LogP contribution in [-0.4, -0.2) is 21.3 Å². The monoisotopic (exact) mass is 274 g/mol. The van der Waals surface area contributed by atoms with Gasteiger partial charge in [0.25, 0.3) is 5.56 Å². The first-order valence-electron chi connectivity index (χ1n) is 6.50. The zero-order valence-electron chi connectivity index (χ0n) is 11.1. The maximum atomic E-state index is 13.5. The van der Waals surface area contributed by atoms with Gasteiger partial charge in [0.2, 0.25) is 0 Å². The molecule has 5 nitrogen and oxygen atoms in total. The van der Waals surface area contributed by atoms with Crippen LogP contribution in [0.15, 0.2) is 23.0 Å². The van der Waals surface area contributed by atoms with Crippen LogP contribution in [0.3, 0.4) is 0 Å². The lowest BCUT2D eigenvalue weighted by molar-refractivity contribution is 0.627. The van der Waals surface area contributed by atoms with Gasteiger partial charge in [0.1, 0.15) is 11.3 Å². The fourth-order valence-electron chi connectivity index (χ4n) is 2.53. The highest BCUT2D eigenvalue weighted by molar-refractivity contribution is 6.03. The molecule has 0 saturated heterocycles. The summed E-state index contributed by atoms with van der Waals surface area (Å²) < 4.78 is 15.2. The zero-order chi connectivity index (χ0) is 14.3. The summed E-state index contributed by atoms with van der Waals surface area (Å²) in [6.45, 7) is 2.80. The van der Waals surface area contributed by atoms with Gasteiger partial charge < -0.3 is 10.3 Å². The molecule has 3 N–H and O–H groups in total. The maximum absolute atomic E-state index is 13.5. The minimum absolute atomic E-state index is 0.112. The zero-order valence-corrected chi connectivity index (χ0v) is 11.1. The Morgan fingerprint density at radius 3 is 3.00 bits per heavy atom. The molecule has 6 heteroatoms. The summed E-state index contributed by atoms with van der Waals surface area (Å²) >= 11 is 0. The third-order valence-corrected chi connectivity index (χ3v) is 3.50. The molecule has 2 aromatic heterocycles. The molecule has 1 aromatic carbocycles. The number of aryl methyl sites for hydroxylation is 2. The molecule has 104 valence electrons. The summed E-state index contributed by atoms with van der Waals surface area (Å²) in [6, 6.07) is 4.38. The average Bonchev–Trinajstić information content (AvgIpc) is 2.82. The van der Waals surface area contributed by atoms with Crippen LogP contribution in [0.1, 0.15) is 12.1 Å². The molecule has 0 bridgehead atoms. The molecule has 0 saturated carbocycles. The Balaban J connectivity index is 2.47. The molecule has 0 aliphatic heterocycles. The lowest BCUT2D eigenvalue weighted by Crippen LogP contribution is -2.22. The first-order valence-corrected chi connectivity index (χ1v) is 6.50. The number of hydrogen-bond acceptors (Lipinski definition) is 3. The van der Waals surface area contributed by atoms with Crippen molar-refractivity contribution in [1.82, 2.24) is 14.8 Å². The van der Waals surface area contributed by atoms with Crippen LogP contribution in [0.4, 0.5) is 4.39 Å². The van der Waals surface area contributed by atoms with E-state index >= 15 is 0 Å². The normalized spacial score (nSPS) is 11.6. The highest BCUT2D eigenvalue weighted by Crippen LogP contribution is 2.23. The predicted molar refractivity (Wildman–Crippen MR) is 76.2 cm³/mol. The molecular weight excluding hydrogens is 259 g/mol.